The van der Waals surface area contributed by atoms with Crippen molar-refractivity contribution < 1.29 is 4.74 Å². The van der Waals surface area contributed by atoms with E-state index in [1.807, 2.05) is 12.3 Å². The van der Waals surface area contributed by atoms with Gasteiger partial charge in [-0.2, -0.15) is 0 Å². The van der Waals surface area contributed by atoms with E-state index in [0.29, 0.717) is 6.04 Å². The molecule has 0 radical (unpaired) electrons. The highest BCUT2D eigenvalue weighted by Gasteiger charge is 2.25. The Morgan fingerprint density at radius 1 is 1.29 bits per heavy atom. The Morgan fingerprint density at radius 2 is 2.24 bits per heavy atom. The Morgan fingerprint density at radius 3 is 3.14 bits per heavy atom. The van der Waals surface area contributed by atoms with Gasteiger partial charge in [0.1, 0.15) is 5.75 Å². The van der Waals surface area contributed by atoms with Crippen LogP contribution in [0.4, 0.5) is 5.69 Å². The number of rotatable bonds is 3. The molecule has 0 spiro atoms. The Bertz CT molecular complexity index is 796. The number of thiophene rings is 1. The molecule has 0 saturated carbocycles. The summed E-state index contributed by atoms with van der Waals surface area (Å²) in [6.07, 6.45) is 4.04. The molecule has 1 aliphatic carbocycles. The second kappa shape index (κ2) is 5.04. The Kier molecular flexibility index (Phi) is 3.04. The molecule has 1 aromatic carbocycles. The fourth-order valence-electron chi connectivity index (χ4n) is 3.14. The van der Waals surface area contributed by atoms with Crippen LogP contribution in [0.3, 0.4) is 0 Å². The van der Waals surface area contributed by atoms with Crippen molar-refractivity contribution in [2.75, 3.05) is 12.4 Å². The van der Waals surface area contributed by atoms with Crippen LogP contribution in [0, 0.1) is 0 Å². The van der Waals surface area contributed by atoms with Crippen LogP contribution in [-0.2, 0) is 6.42 Å². The smallest absolute Gasteiger partial charge is 0.122 e. The summed E-state index contributed by atoms with van der Waals surface area (Å²) in [5.74, 6) is 1.01. The predicted octanol–water partition coefficient (Wildman–Crippen LogP) is 4.40. The second-order valence-electron chi connectivity index (χ2n) is 5.26. The normalized spacial score (nSPS) is 16.9. The molecule has 3 nitrogen and oxygen atoms in total. The molecule has 2 heterocycles. The van der Waals surface area contributed by atoms with Crippen molar-refractivity contribution in [2.24, 2.45) is 0 Å². The highest BCUT2D eigenvalue weighted by molar-refractivity contribution is 7.17. The molecule has 106 valence electrons. The molecule has 1 aliphatic rings. The first-order valence-electron chi connectivity index (χ1n) is 7.11. The van der Waals surface area contributed by atoms with E-state index in [4.69, 9.17) is 4.74 Å². The fraction of sp³-hybridized carbons (Fsp3) is 0.235. The van der Waals surface area contributed by atoms with Gasteiger partial charge < -0.3 is 10.1 Å². The maximum absolute atomic E-state index is 5.48. The maximum atomic E-state index is 5.48. The van der Waals surface area contributed by atoms with Crippen LogP contribution < -0.4 is 10.1 Å². The minimum Gasteiger partial charge on any atom is -0.496 e. The summed E-state index contributed by atoms with van der Waals surface area (Å²) >= 11 is 1.74. The van der Waals surface area contributed by atoms with Crippen LogP contribution in [-0.4, -0.2) is 12.1 Å². The third-order valence-corrected chi connectivity index (χ3v) is 5.06. The van der Waals surface area contributed by atoms with Crippen molar-refractivity contribution in [1.29, 1.82) is 0 Å². The zero-order chi connectivity index (χ0) is 14.2. The Labute approximate surface area is 127 Å². The quantitative estimate of drug-likeness (QED) is 0.777. The summed E-state index contributed by atoms with van der Waals surface area (Å²) in [4.78, 5) is 4.40. The largest absolute Gasteiger partial charge is 0.496 e. The van der Waals surface area contributed by atoms with E-state index in [0.717, 1.165) is 24.1 Å². The first-order valence-corrected chi connectivity index (χ1v) is 7.99. The van der Waals surface area contributed by atoms with E-state index in [2.05, 4.69) is 39.9 Å². The molecule has 1 atom stereocenters. The van der Waals surface area contributed by atoms with Gasteiger partial charge in [0.05, 0.1) is 29.1 Å². The number of aromatic nitrogens is 1. The lowest BCUT2D eigenvalue weighted by molar-refractivity contribution is 0.410. The van der Waals surface area contributed by atoms with E-state index in [1.165, 1.54) is 21.5 Å². The van der Waals surface area contributed by atoms with Gasteiger partial charge in [0, 0.05) is 6.20 Å². The molecule has 0 fully saturated rings. The topological polar surface area (TPSA) is 34.1 Å². The zero-order valence-corrected chi connectivity index (χ0v) is 12.6. The lowest BCUT2D eigenvalue weighted by atomic mass is 10.1. The van der Waals surface area contributed by atoms with E-state index in [9.17, 15) is 0 Å². The standard InChI is InChI=1S/C17H16N2OS/c1-20-16-4-2-3-11-12(16)5-6-13(11)19-15-7-9-18-14-8-10-21-17(14)15/h2-4,7-10,13H,5-6H2,1H3,(H,18,19). The molecule has 2 aromatic heterocycles. The number of fused-ring (bicyclic) bond motifs is 2. The van der Waals surface area contributed by atoms with Crippen molar-refractivity contribution in [2.45, 2.75) is 18.9 Å². The van der Waals surface area contributed by atoms with Gasteiger partial charge in [-0.05, 0) is 47.5 Å². The molecule has 4 rings (SSSR count). The third kappa shape index (κ3) is 2.07. The van der Waals surface area contributed by atoms with Gasteiger partial charge in [-0.25, -0.2) is 0 Å². The van der Waals surface area contributed by atoms with E-state index in [-0.39, 0.29) is 0 Å². The molecule has 0 saturated heterocycles. The van der Waals surface area contributed by atoms with Gasteiger partial charge in [0.2, 0.25) is 0 Å². The summed E-state index contributed by atoms with van der Waals surface area (Å²) < 4.78 is 6.71. The number of anilines is 1. The Hall–Kier alpha value is -2.07. The fourth-order valence-corrected chi connectivity index (χ4v) is 3.97. The molecule has 1 N–H and O–H groups in total. The summed E-state index contributed by atoms with van der Waals surface area (Å²) in [6.45, 7) is 0. The third-order valence-electron chi connectivity index (χ3n) is 4.12. The number of ether oxygens (including phenoxy) is 1. The van der Waals surface area contributed by atoms with Gasteiger partial charge >= 0.3 is 0 Å². The molecule has 21 heavy (non-hydrogen) atoms. The molecule has 0 aliphatic heterocycles. The summed E-state index contributed by atoms with van der Waals surface area (Å²) in [7, 11) is 1.74. The van der Waals surface area contributed by atoms with Crippen molar-refractivity contribution >= 4 is 27.2 Å². The second-order valence-corrected chi connectivity index (χ2v) is 6.17. The van der Waals surface area contributed by atoms with E-state index in [1.54, 1.807) is 18.4 Å². The number of nitrogens with zero attached hydrogens (tertiary/aromatic N) is 1. The molecular weight excluding hydrogens is 280 g/mol. The summed E-state index contributed by atoms with van der Waals surface area (Å²) in [5, 5.41) is 5.78. The van der Waals surface area contributed by atoms with Crippen LogP contribution in [0.1, 0.15) is 23.6 Å². The van der Waals surface area contributed by atoms with Crippen LogP contribution in [0.5, 0.6) is 5.75 Å². The predicted molar refractivity (Wildman–Crippen MR) is 87.3 cm³/mol. The van der Waals surface area contributed by atoms with Crippen molar-refractivity contribution in [3.63, 3.8) is 0 Å². The molecule has 0 amide bonds. The number of pyridine rings is 1. The van der Waals surface area contributed by atoms with Crippen molar-refractivity contribution in [1.82, 2.24) is 4.98 Å². The van der Waals surface area contributed by atoms with E-state index >= 15 is 0 Å². The molecule has 3 aromatic rings. The molecular formula is C17H16N2OS. The van der Waals surface area contributed by atoms with Gasteiger partial charge in [0.25, 0.3) is 0 Å². The lowest BCUT2D eigenvalue weighted by Gasteiger charge is -2.16. The monoisotopic (exact) mass is 296 g/mol. The Balaban J connectivity index is 1.70. The van der Waals surface area contributed by atoms with Crippen molar-refractivity contribution in [3.05, 3.63) is 53.0 Å². The summed E-state index contributed by atoms with van der Waals surface area (Å²) in [6, 6.07) is 10.8. The van der Waals surface area contributed by atoms with Crippen LogP contribution >= 0.6 is 11.3 Å². The van der Waals surface area contributed by atoms with E-state index < -0.39 is 0 Å². The first-order chi connectivity index (χ1) is 10.4. The highest BCUT2D eigenvalue weighted by atomic mass is 32.1. The first kappa shape index (κ1) is 12.7. The molecule has 1 unspecified atom stereocenters. The average Bonchev–Trinajstić information content (AvgIpc) is 3.14. The van der Waals surface area contributed by atoms with Crippen LogP contribution in [0.2, 0.25) is 0 Å². The number of methoxy groups -OCH3 is 1. The highest BCUT2D eigenvalue weighted by Crippen LogP contribution is 2.40. The lowest BCUT2D eigenvalue weighted by Crippen LogP contribution is -2.07. The molecule has 4 heteroatoms. The average molecular weight is 296 g/mol. The van der Waals surface area contributed by atoms with Gasteiger partial charge in [-0.15, -0.1) is 11.3 Å². The van der Waals surface area contributed by atoms with Gasteiger partial charge in [-0.3, -0.25) is 4.98 Å². The minimum absolute atomic E-state index is 0.350. The maximum Gasteiger partial charge on any atom is 0.122 e. The minimum atomic E-state index is 0.350. The SMILES string of the molecule is COc1cccc2c1CCC2Nc1ccnc2ccsc12. The number of hydrogen-bond donors (Lipinski definition) is 1. The molecule has 0 bridgehead atoms. The van der Waals surface area contributed by atoms with Crippen molar-refractivity contribution in [3.8, 4) is 5.75 Å². The van der Waals surface area contributed by atoms with Gasteiger partial charge in [0.15, 0.2) is 0 Å². The number of nitrogens with one attached hydrogen (secondary N) is 1. The number of benzene rings is 1. The van der Waals surface area contributed by atoms with Crippen LogP contribution in [0.15, 0.2) is 41.9 Å². The van der Waals surface area contributed by atoms with Crippen LogP contribution in [0.25, 0.3) is 10.2 Å². The number of hydrogen-bond acceptors (Lipinski definition) is 4. The zero-order valence-electron chi connectivity index (χ0n) is 11.8. The summed E-state index contributed by atoms with van der Waals surface area (Å²) in [5.41, 5.74) is 4.94. The van der Waals surface area contributed by atoms with Gasteiger partial charge in [-0.1, -0.05) is 12.1 Å².